The number of ether oxygens (including phenoxy) is 2. The van der Waals surface area contributed by atoms with Gasteiger partial charge in [-0.3, -0.25) is 14.9 Å². The second-order valence-corrected chi connectivity index (χ2v) is 5.01. The maximum Gasteiger partial charge on any atom is 0.340 e. The molecule has 0 fully saturated rings. The number of rotatable bonds is 6. The molecule has 0 bridgehead atoms. The molecule has 1 amide bonds. The molecule has 0 saturated carbocycles. The van der Waals surface area contributed by atoms with E-state index < -0.39 is 16.8 Å². The second kappa shape index (κ2) is 7.91. The maximum atomic E-state index is 12.3. The molecule has 0 aliphatic carbocycles. The van der Waals surface area contributed by atoms with Crippen LogP contribution >= 0.6 is 0 Å². The van der Waals surface area contributed by atoms with Crippen LogP contribution in [0.5, 0.6) is 5.75 Å². The predicted molar refractivity (Wildman–Crippen MR) is 89.8 cm³/mol. The SMILES string of the molecule is COC(=O)c1cc(OC)ccc1NC(=O)Cc1ccccc1[N+](=O)[O-]. The number of nitrogens with one attached hydrogen (secondary N) is 1. The van der Waals surface area contributed by atoms with E-state index in [1.807, 2.05) is 0 Å². The molecule has 0 unspecified atom stereocenters. The molecule has 130 valence electrons. The van der Waals surface area contributed by atoms with Gasteiger partial charge in [-0.15, -0.1) is 0 Å². The quantitative estimate of drug-likeness (QED) is 0.490. The van der Waals surface area contributed by atoms with Gasteiger partial charge in [0.15, 0.2) is 0 Å². The average Bonchev–Trinajstić information content (AvgIpc) is 2.61. The normalized spacial score (nSPS) is 10.0. The zero-order valence-electron chi connectivity index (χ0n) is 13.6. The van der Waals surface area contributed by atoms with Crippen molar-refractivity contribution >= 4 is 23.3 Å². The number of nitrogens with zero attached hydrogens (tertiary/aromatic N) is 1. The molecule has 0 atom stereocenters. The monoisotopic (exact) mass is 344 g/mol. The van der Waals surface area contributed by atoms with Gasteiger partial charge in [-0.05, 0) is 18.2 Å². The molecule has 0 saturated heterocycles. The van der Waals surface area contributed by atoms with E-state index in [-0.39, 0.29) is 28.9 Å². The van der Waals surface area contributed by atoms with Crippen molar-refractivity contribution in [1.29, 1.82) is 0 Å². The minimum Gasteiger partial charge on any atom is -0.497 e. The number of hydrogen-bond acceptors (Lipinski definition) is 6. The third-order valence-electron chi connectivity index (χ3n) is 3.45. The lowest BCUT2D eigenvalue weighted by Crippen LogP contribution is -2.18. The second-order valence-electron chi connectivity index (χ2n) is 5.01. The van der Waals surface area contributed by atoms with Crippen LogP contribution in [0.4, 0.5) is 11.4 Å². The van der Waals surface area contributed by atoms with Crippen molar-refractivity contribution in [3.63, 3.8) is 0 Å². The van der Waals surface area contributed by atoms with Crippen LogP contribution in [0.25, 0.3) is 0 Å². The van der Waals surface area contributed by atoms with Crippen LogP contribution in [0.3, 0.4) is 0 Å². The van der Waals surface area contributed by atoms with Gasteiger partial charge in [0.05, 0.1) is 36.8 Å². The first-order valence-corrected chi connectivity index (χ1v) is 7.24. The summed E-state index contributed by atoms with van der Waals surface area (Å²) in [4.78, 5) is 34.6. The molecule has 1 N–H and O–H groups in total. The first-order chi connectivity index (χ1) is 12.0. The molecule has 0 aliphatic heterocycles. The Labute approximate surface area is 143 Å². The van der Waals surface area contributed by atoms with Crippen LogP contribution < -0.4 is 10.1 Å². The van der Waals surface area contributed by atoms with Crippen molar-refractivity contribution < 1.29 is 24.0 Å². The number of nitro benzene ring substituents is 1. The lowest BCUT2D eigenvalue weighted by Gasteiger charge is -2.11. The number of para-hydroxylation sites is 1. The van der Waals surface area contributed by atoms with Gasteiger partial charge >= 0.3 is 5.97 Å². The highest BCUT2D eigenvalue weighted by molar-refractivity contribution is 6.02. The fraction of sp³-hybridized carbons (Fsp3) is 0.176. The first-order valence-electron chi connectivity index (χ1n) is 7.24. The summed E-state index contributed by atoms with van der Waals surface area (Å²) in [5.74, 6) is -0.707. The first kappa shape index (κ1) is 17.9. The molecule has 2 aromatic carbocycles. The van der Waals surface area contributed by atoms with E-state index in [4.69, 9.17) is 9.47 Å². The van der Waals surface area contributed by atoms with Crippen LogP contribution in [0.2, 0.25) is 0 Å². The van der Waals surface area contributed by atoms with Crippen LogP contribution in [0.1, 0.15) is 15.9 Å². The zero-order chi connectivity index (χ0) is 18.4. The largest absolute Gasteiger partial charge is 0.497 e. The molecule has 0 spiro atoms. The number of nitro groups is 1. The molecular formula is C17H16N2O6. The third-order valence-corrected chi connectivity index (χ3v) is 3.45. The zero-order valence-corrected chi connectivity index (χ0v) is 13.6. The molecule has 2 rings (SSSR count). The van der Waals surface area contributed by atoms with Crippen molar-refractivity contribution in [3.8, 4) is 5.75 Å². The van der Waals surface area contributed by atoms with Gasteiger partial charge in [0.1, 0.15) is 5.75 Å². The predicted octanol–water partition coefficient (Wildman–Crippen LogP) is 2.57. The van der Waals surface area contributed by atoms with Crippen LogP contribution in [-0.4, -0.2) is 31.0 Å². The van der Waals surface area contributed by atoms with E-state index in [1.54, 1.807) is 12.1 Å². The minimum absolute atomic E-state index is 0.123. The van der Waals surface area contributed by atoms with Gasteiger partial charge in [0.25, 0.3) is 5.69 Å². The summed E-state index contributed by atoms with van der Waals surface area (Å²) in [6, 6.07) is 10.5. The number of benzene rings is 2. The van der Waals surface area contributed by atoms with Crippen LogP contribution in [-0.2, 0) is 16.0 Å². The lowest BCUT2D eigenvalue weighted by molar-refractivity contribution is -0.385. The lowest BCUT2D eigenvalue weighted by atomic mass is 10.1. The van der Waals surface area contributed by atoms with Crippen molar-refractivity contribution in [2.24, 2.45) is 0 Å². The van der Waals surface area contributed by atoms with Gasteiger partial charge in [-0.2, -0.15) is 0 Å². The Morgan fingerprint density at radius 3 is 2.52 bits per heavy atom. The van der Waals surface area contributed by atoms with E-state index in [0.717, 1.165) is 0 Å². The summed E-state index contributed by atoms with van der Waals surface area (Å²) in [6.45, 7) is 0. The molecule has 0 heterocycles. The summed E-state index contributed by atoms with van der Waals surface area (Å²) in [6.07, 6.45) is -0.205. The number of amides is 1. The van der Waals surface area contributed by atoms with Gasteiger partial charge < -0.3 is 14.8 Å². The minimum atomic E-state index is -0.639. The Bertz CT molecular complexity index is 819. The highest BCUT2D eigenvalue weighted by Crippen LogP contribution is 2.24. The highest BCUT2D eigenvalue weighted by atomic mass is 16.6. The van der Waals surface area contributed by atoms with Gasteiger partial charge in [0.2, 0.25) is 5.91 Å². The average molecular weight is 344 g/mol. The van der Waals surface area contributed by atoms with Gasteiger partial charge in [-0.1, -0.05) is 18.2 Å². The standard InChI is InChI=1S/C17H16N2O6/c1-24-12-7-8-14(13(10-12)17(21)25-2)18-16(20)9-11-5-3-4-6-15(11)19(22)23/h3-8,10H,9H2,1-2H3,(H,18,20). The number of methoxy groups -OCH3 is 2. The van der Waals surface area contributed by atoms with E-state index in [1.165, 1.54) is 44.6 Å². The summed E-state index contributed by atoms with van der Waals surface area (Å²) in [5, 5.41) is 13.6. The summed E-state index contributed by atoms with van der Waals surface area (Å²) in [5.41, 5.74) is 0.493. The van der Waals surface area contributed by atoms with Crippen molar-refractivity contribution in [1.82, 2.24) is 0 Å². The number of esters is 1. The van der Waals surface area contributed by atoms with E-state index in [2.05, 4.69) is 5.32 Å². The molecule has 8 nitrogen and oxygen atoms in total. The molecule has 0 radical (unpaired) electrons. The molecule has 0 aromatic heterocycles. The van der Waals surface area contributed by atoms with Crippen molar-refractivity contribution in [2.45, 2.75) is 6.42 Å². The summed E-state index contributed by atoms with van der Waals surface area (Å²) >= 11 is 0. The summed E-state index contributed by atoms with van der Waals surface area (Å²) < 4.78 is 9.74. The van der Waals surface area contributed by atoms with Crippen molar-refractivity contribution in [3.05, 3.63) is 63.7 Å². The number of anilines is 1. The molecule has 2 aromatic rings. The number of carbonyl (C=O) groups is 2. The Morgan fingerprint density at radius 1 is 1.16 bits per heavy atom. The van der Waals surface area contributed by atoms with E-state index >= 15 is 0 Å². The third kappa shape index (κ3) is 4.31. The topological polar surface area (TPSA) is 108 Å². The fourth-order valence-corrected chi connectivity index (χ4v) is 2.24. The Balaban J connectivity index is 2.24. The maximum absolute atomic E-state index is 12.3. The van der Waals surface area contributed by atoms with Gasteiger partial charge in [0, 0.05) is 11.6 Å². The van der Waals surface area contributed by atoms with E-state index in [9.17, 15) is 19.7 Å². The van der Waals surface area contributed by atoms with E-state index in [0.29, 0.717) is 5.75 Å². The number of hydrogen-bond donors (Lipinski definition) is 1. The molecule has 8 heteroatoms. The molecular weight excluding hydrogens is 328 g/mol. The van der Waals surface area contributed by atoms with Gasteiger partial charge in [-0.25, -0.2) is 4.79 Å². The Kier molecular flexibility index (Phi) is 5.67. The number of carbonyl (C=O) groups excluding carboxylic acids is 2. The van der Waals surface area contributed by atoms with Crippen LogP contribution in [0, 0.1) is 10.1 Å². The summed E-state index contributed by atoms with van der Waals surface area (Å²) in [7, 11) is 2.67. The Hall–Kier alpha value is -3.42. The Morgan fingerprint density at radius 2 is 1.88 bits per heavy atom. The molecule has 0 aliphatic rings. The smallest absolute Gasteiger partial charge is 0.340 e. The van der Waals surface area contributed by atoms with Crippen LogP contribution in [0.15, 0.2) is 42.5 Å². The molecule has 25 heavy (non-hydrogen) atoms. The highest BCUT2D eigenvalue weighted by Gasteiger charge is 2.18. The fourth-order valence-electron chi connectivity index (χ4n) is 2.24. The van der Waals surface area contributed by atoms with Crippen molar-refractivity contribution in [2.75, 3.05) is 19.5 Å².